The van der Waals surface area contributed by atoms with Gasteiger partial charge in [-0.25, -0.2) is 0 Å². The zero-order valence-electron chi connectivity index (χ0n) is 12.8. The van der Waals surface area contributed by atoms with Crippen LogP contribution in [-0.4, -0.2) is 26.7 Å². The van der Waals surface area contributed by atoms with Crippen LogP contribution >= 0.6 is 0 Å². The van der Waals surface area contributed by atoms with Crippen LogP contribution in [0.15, 0.2) is 29.1 Å². The Hall–Kier alpha value is -2.41. The SMILES string of the molecule is Cn1c(=O)cc(NC(C)(C)CCO)c2cc([N+](=O)[O-])ccc21. The number of aromatic nitrogens is 1. The summed E-state index contributed by atoms with van der Waals surface area (Å²) in [5.41, 5.74) is 0.456. The van der Waals surface area contributed by atoms with E-state index in [4.69, 9.17) is 5.11 Å². The first kappa shape index (κ1) is 16.0. The monoisotopic (exact) mass is 305 g/mol. The highest BCUT2D eigenvalue weighted by Crippen LogP contribution is 2.28. The van der Waals surface area contributed by atoms with Crippen LogP contribution in [0.4, 0.5) is 11.4 Å². The molecule has 0 amide bonds. The number of nitrogens with zero attached hydrogens (tertiary/aromatic N) is 2. The van der Waals surface area contributed by atoms with Crippen LogP contribution in [0.1, 0.15) is 20.3 Å². The summed E-state index contributed by atoms with van der Waals surface area (Å²) in [5, 5.41) is 23.9. The molecule has 118 valence electrons. The number of aryl methyl sites for hydroxylation is 1. The van der Waals surface area contributed by atoms with Crippen molar-refractivity contribution in [3.63, 3.8) is 0 Å². The average molecular weight is 305 g/mol. The molecule has 0 fully saturated rings. The lowest BCUT2D eigenvalue weighted by atomic mass is 10.00. The number of aliphatic hydroxyl groups is 1. The zero-order valence-corrected chi connectivity index (χ0v) is 12.8. The van der Waals surface area contributed by atoms with Crippen molar-refractivity contribution in [1.29, 1.82) is 0 Å². The summed E-state index contributed by atoms with van der Waals surface area (Å²) in [5.74, 6) is 0. The fraction of sp³-hybridized carbons (Fsp3) is 0.400. The van der Waals surface area contributed by atoms with E-state index in [0.717, 1.165) is 0 Å². The maximum absolute atomic E-state index is 12.1. The van der Waals surface area contributed by atoms with Crippen LogP contribution in [-0.2, 0) is 7.05 Å². The van der Waals surface area contributed by atoms with Crippen LogP contribution in [0.3, 0.4) is 0 Å². The number of pyridine rings is 1. The summed E-state index contributed by atoms with van der Waals surface area (Å²) < 4.78 is 1.45. The number of benzene rings is 1. The molecule has 0 spiro atoms. The van der Waals surface area contributed by atoms with Crippen LogP contribution in [0.25, 0.3) is 10.9 Å². The third-order valence-corrected chi connectivity index (χ3v) is 3.65. The van der Waals surface area contributed by atoms with Gasteiger partial charge in [0.2, 0.25) is 0 Å². The summed E-state index contributed by atoms with van der Waals surface area (Å²) in [6, 6.07) is 5.82. The molecule has 7 heteroatoms. The molecule has 1 aromatic carbocycles. The van der Waals surface area contributed by atoms with Gasteiger partial charge in [0.15, 0.2) is 0 Å². The summed E-state index contributed by atoms with van der Waals surface area (Å²) in [7, 11) is 1.62. The van der Waals surface area contributed by atoms with Crippen molar-refractivity contribution < 1.29 is 10.0 Å². The van der Waals surface area contributed by atoms with Crippen molar-refractivity contribution >= 4 is 22.3 Å². The van der Waals surface area contributed by atoms with Crippen molar-refractivity contribution in [3.05, 3.63) is 44.7 Å². The third kappa shape index (κ3) is 3.09. The van der Waals surface area contributed by atoms with Crippen LogP contribution in [0.5, 0.6) is 0 Å². The van der Waals surface area contributed by atoms with Crippen LogP contribution in [0, 0.1) is 10.1 Å². The fourth-order valence-corrected chi connectivity index (χ4v) is 2.37. The molecule has 0 unspecified atom stereocenters. The number of nitro benzene ring substituents is 1. The van der Waals surface area contributed by atoms with Crippen LogP contribution in [0.2, 0.25) is 0 Å². The molecule has 1 heterocycles. The summed E-state index contributed by atoms with van der Waals surface area (Å²) in [4.78, 5) is 22.6. The molecule has 0 saturated heterocycles. The minimum Gasteiger partial charge on any atom is -0.396 e. The molecular formula is C15H19N3O4. The number of non-ortho nitro benzene ring substituents is 1. The minimum atomic E-state index is -0.465. The van der Waals surface area contributed by atoms with Crippen molar-refractivity contribution in [3.8, 4) is 0 Å². The largest absolute Gasteiger partial charge is 0.396 e. The molecular weight excluding hydrogens is 286 g/mol. The quantitative estimate of drug-likeness (QED) is 0.650. The molecule has 0 radical (unpaired) electrons. The van der Waals surface area contributed by atoms with Crippen LogP contribution < -0.4 is 10.9 Å². The first-order chi connectivity index (χ1) is 10.2. The van der Waals surface area contributed by atoms with Gasteiger partial charge in [-0.15, -0.1) is 0 Å². The van der Waals surface area contributed by atoms with Gasteiger partial charge in [-0.2, -0.15) is 0 Å². The Bertz CT molecular complexity index is 780. The smallest absolute Gasteiger partial charge is 0.270 e. The van der Waals surface area contributed by atoms with E-state index in [1.165, 1.54) is 22.8 Å². The Morgan fingerprint density at radius 3 is 2.64 bits per heavy atom. The van der Waals surface area contributed by atoms with E-state index in [1.54, 1.807) is 13.1 Å². The maximum atomic E-state index is 12.1. The molecule has 0 saturated carbocycles. The van der Waals surface area contributed by atoms with E-state index >= 15 is 0 Å². The fourth-order valence-electron chi connectivity index (χ4n) is 2.37. The van der Waals surface area contributed by atoms with Gasteiger partial charge in [-0.05, 0) is 26.3 Å². The number of fused-ring (bicyclic) bond motifs is 1. The van der Waals surface area contributed by atoms with Gasteiger partial charge in [0.05, 0.1) is 10.4 Å². The summed E-state index contributed by atoms with van der Waals surface area (Å²) in [6.45, 7) is 3.79. The molecule has 0 atom stereocenters. The highest BCUT2D eigenvalue weighted by atomic mass is 16.6. The van der Waals surface area contributed by atoms with E-state index in [-0.39, 0.29) is 17.9 Å². The number of hydrogen-bond donors (Lipinski definition) is 2. The van der Waals surface area contributed by atoms with Crippen molar-refractivity contribution in [1.82, 2.24) is 4.57 Å². The number of nitrogens with one attached hydrogen (secondary N) is 1. The second-order valence-corrected chi connectivity index (χ2v) is 5.90. The van der Waals surface area contributed by atoms with Gasteiger partial charge < -0.3 is 15.0 Å². The van der Waals surface area contributed by atoms with E-state index in [0.29, 0.717) is 23.0 Å². The predicted molar refractivity (Wildman–Crippen MR) is 85.2 cm³/mol. The molecule has 22 heavy (non-hydrogen) atoms. The lowest BCUT2D eigenvalue weighted by Gasteiger charge is -2.27. The summed E-state index contributed by atoms with van der Waals surface area (Å²) >= 11 is 0. The van der Waals surface area contributed by atoms with Gasteiger partial charge in [0.25, 0.3) is 11.2 Å². The number of nitro groups is 1. The highest BCUT2D eigenvalue weighted by Gasteiger charge is 2.20. The number of aliphatic hydroxyl groups excluding tert-OH is 1. The van der Waals surface area contributed by atoms with Gasteiger partial charge >= 0.3 is 0 Å². The first-order valence-corrected chi connectivity index (χ1v) is 6.92. The van der Waals surface area contributed by atoms with Crippen molar-refractivity contribution in [2.24, 2.45) is 7.05 Å². The van der Waals surface area contributed by atoms with Crippen molar-refractivity contribution in [2.45, 2.75) is 25.8 Å². The maximum Gasteiger partial charge on any atom is 0.270 e. The van der Waals surface area contributed by atoms with Crippen molar-refractivity contribution in [2.75, 3.05) is 11.9 Å². The second-order valence-electron chi connectivity index (χ2n) is 5.90. The predicted octanol–water partition coefficient (Wildman–Crippen LogP) is 2.02. The van der Waals surface area contributed by atoms with Gasteiger partial charge in [0, 0.05) is 48.5 Å². The normalized spacial score (nSPS) is 11.6. The summed E-state index contributed by atoms with van der Waals surface area (Å²) in [6.07, 6.45) is 0.485. The van der Waals surface area contributed by atoms with Gasteiger partial charge in [-0.1, -0.05) is 0 Å². The molecule has 2 N–H and O–H groups in total. The van der Waals surface area contributed by atoms with Gasteiger partial charge in [0.1, 0.15) is 0 Å². The second kappa shape index (κ2) is 5.76. The Morgan fingerprint density at radius 2 is 2.05 bits per heavy atom. The molecule has 0 aliphatic heterocycles. The molecule has 7 nitrogen and oxygen atoms in total. The van der Waals surface area contributed by atoms with E-state index < -0.39 is 10.5 Å². The Labute approximate surface area is 127 Å². The Morgan fingerprint density at radius 1 is 1.36 bits per heavy atom. The molecule has 0 bridgehead atoms. The minimum absolute atomic E-state index is 0.00290. The Kier molecular flexibility index (Phi) is 4.18. The topological polar surface area (TPSA) is 97.4 Å². The Balaban J connectivity index is 2.66. The lowest BCUT2D eigenvalue weighted by Crippen LogP contribution is -2.33. The zero-order chi connectivity index (χ0) is 16.5. The van der Waals surface area contributed by atoms with Gasteiger partial charge in [-0.3, -0.25) is 14.9 Å². The van der Waals surface area contributed by atoms with E-state index in [9.17, 15) is 14.9 Å². The number of hydrogen-bond acceptors (Lipinski definition) is 5. The molecule has 2 aromatic rings. The molecule has 2 rings (SSSR count). The average Bonchev–Trinajstić information content (AvgIpc) is 2.43. The number of anilines is 1. The van der Waals surface area contributed by atoms with E-state index in [1.807, 2.05) is 13.8 Å². The third-order valence-electron chi connectivity index (χ3n) is 3.65. The molecule has 0 aliphatic rings. The lowest BCUT2D eigenvalue weighted by molar-refractivity contribution is -0.384. The standard InChI is InChI=1S/C15H19N3O4/c1-15(2,6-7-19)16-12-9-14(20)17(3)13-5-4-10(18(21)22)8-11(12)13/h4-5,8-9,16,19H,6-7H2,1-3H3. The first-order valence-electron chi connectivity index (χ1n) is 6.92. The van der Waals surface area contributed by atoms with E-state index in [2.05, 4.69) is 5.32 Å². The molecule has 1 aromatic heterocycles. The number of rotatable bonds is 5. The highest BCUT2D eigenvalue weighted by molar-refractivity contribution is 5.93. The molecule has 0 aliphatic carbocycles.